The van der Waals surface area contributed by atoms with Crippen molar-refractivity contribution in [1.29, 1.82) is 0 Å². The quantitative estimate of drug-likeness (QED) is 0.601. The summed E-state index contributed by atoms with van der Waals surface area (Å²) >= 11 is 0. The van der Waals surface area contributed by atoms with E-state index in [1.54, 1.807) is 0 Å². The lowest BCUT2D eigenvalue weighted by molar-refractivity contribution is -0.137. The van der Waals surface area contributed by atoms with Gasteiger partial charge in [-0.25, -0.2) is 9.79 Å². The molecule has 0 aliphatic carbocycles. The molecule has 2 aliphatic rings. The van der Waals surface area contributed by atoms with E-state index in [4.69, 9.17) is 5.11 Å². The summed E-state index contributed by atoms with van der Waals surface area (Å²) in [7, 11) is 0. The van der Waals surface area contributed by atoms with E-state index in [1.807, 2.05) is 0 Å². The third-order valence-electron chi connectivity index (χ3n) is 1.53. The van der Waals surface area contributed by atoms with Gasteiger partial charge in [-0.3, -0.25) is 4.99 Å². The predicted octanol–water partition coefficient (Wildman–Crippen LogP) is 0.230. The number of aliphatic imine (C=N–C) groups is 2. The van der Waals surface area contributed by atoms with Crippen LogP contribution in [0.1, 0.15) is 0 Å². The second kappa shape index (κ2) is 2.33. The van der Waals surface area contributed by atoms with Crippen LogP contribution in [0.15, 0.2) is 32.0 Å². The molecular weight excluding hydrogens is 160 g/mol. The van der Waals surface area contributed by atoms with Crippen molar-refractivity contribution in [2.24, 2.45) is 20.2 Å². The van der Waals surface area contributed by atoms with E-state index in [0.29, 0.717) is 11.4 Å². The summed E-state index contributed by atoms with van der Waals surface area (Å²) in [5.41, 5.74) is 0.449. The third kappa shape index (κ3) is 0.849. The first-order chi connectivity index (χ1) is 5.79. The Kier molecular flexibility index (Phi) is 1.33. The highest BCUT2D eigenvalue weighted by Gasteiger charge is 2.29. The Bertz CT molecular complexity index is 353. The van der Waals surface area contributed by atoms with Gasteiger partial charge in [0.15, 0.2) is 11.9 Å². The lowest BCUT2D eigenvalue weighted by Crippen LogP contribution is -2.25. The molecule has 0 fully saturated rings. The monoisotopic (exact) mass is 164 g/mol. The van der Waals surface area contributed by atoms with Gasteiger partial charge in [-0.05, 0) is 0 Å². The topological polar surface area (TPSA) is 86.7 Å². The number of carbonyl (C=O) groups is 1. The van der Waals surface area contributed by atoms with Crippen LogP contribution in [0.2, 0.25) is 0 Å². The first kappa shape index (κ1) is 6.84. The van der Waals surface area contributed by atoms with Gasteiger partial charge in [0.2, 0.25) is 0 Å². The molecule has 0 radical (unpaired) electrons. The van der Waals surface area contributed by atoms with Crippen LogP contribution >= 0.6 is 0 Å². The van der Waals surface area contributed by atoms with Crippen molar-refractivity contribution in [3.05, 3.63) is 11.8 Å². The third-order valence-corrected chi connectivity index (χ3v) is 1.53. The normalized spacial score (nSPS) is 24.8. The fraction of sp³-hybridized carbons (Fsp3) is 0.167. The lowest BCUT2D eigenvalue weighted by atomic mass is 10.1. The Morgan fingerprint density at radius 3 is 3.17 bits per heavy atom. The molecule has 6 heteroatoms. The van der Waals surface area contributed by atoms with Crippen molar-refractivity contribution < 1.29 is 9.90 Å². The molecule has 12 heavy (non-hydrogen) atoms. The minimum absolute atomic E-state index is 0.345. The number of amidine groups is 1. The van der Waals surface area contributed by atoms with Crippen LogP contribution in [0.25, 0.3) is 0 Å². The van der Waals surface area contributed by atoms with E-state index < -0.39 is 12.0 Å². The number of hydrogen-bond acceptors (Lipinski definition) is 5. The average Bonchev–Trinajstić information content (AvgIpc) is 2.49. The molecule has 2 rings (SSSR count). The Morgan fingerprint density at radius 1 is 1.58 bits per heavy atom. The van der Waals surface area contributed by atoms with Gasteiger partial charge in [0.25, 0.3) is 0 Å². The van der Waals surface area contributed by atoms with Crippen LogP contribution in [0.5, 0.6) is 0 Å². The molecule has 0 aromatic carbocycles. The molecule has 2 heterocycles. The SMILES string of the molecule is O=C(O)[C@H]1N=CN=C2N=NC=C21. The summed E-state index contributed by atoms with van der Waals surface area (Å²) in [5, 5.41) is 15.9. The van der Waals surface area contributed by atoms with Gasteiger partial charge in [-0.2, -0.15) is 5.11 Å². The maximum absolute atomic E-state index is 10.6. The Balaban J connectivity index is 2.39. The minimum Gasteiger partial charge on any atom is -0.479 e. The molecule has 0 amide bonds. The number of carboxylic acid groups (broad SMARTS) is 1. The lowest BCUT2D eigenvalue weighted by Gasteiger charge is -2.09. The summed E-state index contributed by atoms with van der Waals surface area (Å²) in [6, 6.07) is -0.896. The number of hydrogen-bond donors (Lipinski definition) is 1. The smallest absolute Gasteiger partial charge is 0.333 e. The highest BCUT2D eigenvalue weighted by atomic mass is 16.4. The van der Waals surface area contributed by atoms with Crippen molar-refractivity contribution in [1.82, 2.24) is 0 Å². The molecule has 2 aliphatic heterocycles. The number of carboxylic acids is 1. The van der Waals surface area contributed by atoms with Crippen molar-refractivity contribution in [3.8, 4) is 0 Å². The maximum Gasteiger partial charge on any atom is 0.333 e. The van der Waals surface area contributed by atoms with Gasteiger partial charge < -0.3 is 5.11 Å². The largest absolute Gasteiger partial charge is 0.479 e. The zero-order chi connectivity index (χ0) is 8.55. The number of nitrogens with zero attached hydrogens (tertiary/aromatic N) is 4. The van der Waals surface area contributed by atoms with Crippen LogP contribution in [0, 0.1) is 0 Å². The van der Waals surface area contributed by atoms with E-state index in [0.717, 1.165) is 0 Å². The second-order valence-electron chi connectivity index (χ2n) is 2.26. The molecule has 60 valence electrons. The van der Waals surface area contributed by atoms with Gasteiger partial charge >= 0.3 is 5.97 Å². The molecule has 0 aromatic rings. The van der Waals surface area contributed by atoms with Gasteiger partial charge in [0, 0.05) is 0 Å². The van der Waals surface area contributed by atoms with E-state index in [1.165, 1.54) is 12.5 Å². The van der Waals surface area contributed by atoms with Crippen LogP contribution in [0.3, 0.4) is 0 Å². The summed E-state index contributed by atoms with van der Waals surface area (Å²) in [6.45, 7) is 0. The molecule has 1 atom stereocenters. The number of azo groups is 1. The van der Waals surface area contributed by atoms with Crippen molar-refractivity contribution in [3.63, 3.8) is 0 Å². The summed E-state index contributed by atoms with van der Waals surface area (Å²) in [6.07, 6.45) is 2.56. The Morgan fingerprint density at radius 2 is 2.42 bits per heavy atom. The summed E-state index contributed by atoms with van der Waals surface area (Å²) < 4.78 is 0. The number of fused-ring (bicyclic) bond motifs is 1. The first-order valence-electron chi connectivity index (χ1n) is 3.22. The first-order valence-corrected chi connectivity index (χ1v) is 3.22. The van der Waals surface area contributed by atoms with Gasteiger partial charge in [0.1, 0.15) is 6.34 Å². The fourth-order valence-corrected chi connectivity index (χ4v) is 0.986. The second-order valence-corrected chi connectivity index (χ2v) is 2.26. The molecular formula is C6H4N4O2. The number of aliphatic carboxylic acids is 1. The van der Waals surface area contributed by atoms with Crippen LogP contribution in [-0.4, -0.2) is 29.3 Å². The van der Waals surface area contributed by atoms with E-state index >= 15 is 0 Å². The van der Waals surface area contributed by atoms with E-state index in [2.05, 4.69) is 20.2 Å². The predicted molar refractivity (Wildman–Crippen MR) is 40.3 cm³/mol. The van der Waals surface area contributed by atoms with Crippen molar-refractivity contribution >= 4 is 18.1 Å². The maximum atomic E-state index is 10.6. The van der Waals surface area contributed by atoms with Crippen LogP contribution in [0.4, 0.5) is 0 Å². The van der Waals surface area contributed by atoms with Crippen molar-refractivity contribution in [2.45, 2.75) is 6.04 Å². The minimum atomic E-state index is -1.02. The number of rotatable bonds is 1. The van der Waals surface area contributed by atoms with Gasteiger partial charge in [-0.1, -0.05) is 0 Å². The van der Waals surface area contributed by atoms with Crippen LogP contribution in [-0.2, 0) is 4.79 Å². The Hall–Kier alpha value is -1.85. The molecule has 1 N–H and O–H groups in total. The zero-order valence-corrected chi connectivity index (χ0v) is 5.88. The summed E-state index contributed by atoms with van der Waals surface area (Å²) in [4.78, 5) is 18.0. The van der Waals surface area contributed by atoms with Crippen molar-refractivity contribution in [2.75, 3.05) is 0 Å². The standard InChI is InChI=1S/C6H4N4O2/c11-6(12)4-3-1-9-10-5(3)8-2-7-4/h1-2,4H,(H,11,12)/t4-/m0/s1. The molecule has 0 aromatic heterocycles. The van der Waals surface area contributed by atoms with Gasteiger partial charge in [0.05, 0.1) is 11.8 Å². The molecule has 0 saturated carbocycles. The van der Waals surface area contributed by atoms with Crippen LogP contribution < -0.4 is 0 Å². The molecule has 0 saturated heterocycles. The summed E-state index contributed by atoms with van der Waals surface area (Å²) in [5.74, 6) is -0.672. The van der Waals surface area contributed by atoms with E-state index in [9.17, 15) is 4.79 Å². The highest BCUT2D eigenvalue weighted by Crippen LogP contribution is 2.18. The fourth-order valence-electron chi connectivity index (χ4n) is 0.986. The molecule has 0 bridgehead atoms. The van der Waals surface area contributed by atoms with E-state index in [-0.39, 0.29) is 0 Å². The molecule has 6 nitrogen and oxygen atoms in total. The average molecular weight is 164 g/mol. The Labute approximate surface area is 67.1 Å². The van der Waals surface area contributed by atoms with Gasteiger partial charge in [-0.15, -0.1) is 5.11 Å². The zero-order valence-electron chi connectivity index (χ0n) is 5.88. The highest BCUT2D eigenvalue weighted by molar-refractivity contribution is 6.10. The molecule has 0 unspecified atom stereocenters. The molecule has 0 spiro atoms.